The fourth-order valence-electron chi connectivity index (χ4n) is 3.88. The molecule has 10 heteroatoms. The Morgan fingerprint density at radius 1 is 1.27 bits per heavy atom. The van der Waals surface area contributed by atoms with Crippen LogP contribution in [-0.4, -0.2) is 44.2 Å². The summed E-state index contributed by atoms with van der Waals surface area (Å²) < 4.78 is 21.0. The van der Waals surface area contributed by atoms with E-state index in [4.69, 9.17) is 4.74 Å². The Morgan fingerprint density at radius 3 is 3.00 bits per heavy atom. The summed E-state index contributed by atoms with van der Waals surface area (Å²) in [6, 6.07) is 3.60. The molecule has 0 radical (unpaired) electrons. The van der Waals surface area contributed by atoms with Gasteiger partial charge in [-0.25, -0.2) is 23.6 Å². The maximum Gasteiger partial charge on any atom is 0.416 e. The zero-order chi connectivity index (χ0) is 20.8. The number of rotatable bonds is 0. The van der Waals surface area contributed by atoms with Gasteiger partial charge >= 0.3 is 6.09 Å². The van der Waals surface area contributed by atoms with E-state index in [9.17, 15) is 14.0 Å². The van der Waals surface area contributed by atoms with Gasteiger partial charge < -0.3 is 10.1 Å². The van der Waals surface area contributed by atoms with Crippen LogP contribution < -0.4 is 10.2 Å². The summed E-state index contributed by atoms with van der Waals surface area (Å²) >= 11 is 0. The number of cyclic esters (lactones) is 1. The normalized spacial score (nSPS) is 21.7. The number of carbonyl (C=O) groups is 2. The van der Waals surface area contributed by atoms with Crippen LogP contribution in [0, 0.1) is 5.82 Å². The predicted molar refractivity (Wildman–Crippen MR) is 104 cm³/mol. The number of halogens is 1. The molecule has 0 aliphatic carbocycles. The molecule has 5 heterocycles. The lowest BCUT2D eigenvalue weighted by atomic mass is 10.1. The van der Waals surface area contributed by atoms with Gasteiger partial charge in [0.2, 0.25) is 0 Å². The number of nitrogens with one attached hydrogen (secondary N) is 1. The van der Waals surface area contributed by atoms with Crippen molar-refractivity contribution < 1.29 is 18.7 Å². The van der Waals surface area contributed by atoms with Crippen molar-refractivity contribution in [2.45, 2.75) is 38.3 Å². The van der Waals surface area contributed by atoms with Crippen LogP contribution >= 0.6 is 0 Å². The predicted octanol–water partition coefficient (Wildman–Crippen LogP) is 2.42. The van der Waals surface area contributed by atoms with Crippen molar-refractivity contribution >= 4 is 23.5 Å². The highest BCUT2D eigenvalue weighted by Crippen LogP contribution is 2.32. The number of carbonyl (C=O) groups excluding carboxylic acids is 2. The number of ether oxygens (including phenoxy) is 1. The molecule has 0 saturated carbocycles. The molecule has 2 atom stereocenters. The molecule has 1 N–H and O–H groups in total. The second-order valence-electron chi connectivity index (χ2n) is 7.54. The average Bonchev–Trinajstić information content (AvgIpc) is 3.29. The Kier molecular flexibility index (Phi) is 4.34. The Hall–Kier alpha value is -3.56. The zero-order valence-electron chi connectivity index (χ0n) is 16.2. The number of amides is 2. The minimum atomic E-state index is -0.619. The van der Waals surface area contributed by atoms with Crippen LogP contribution in [0.2, 0.25) is 0 Å². The van der Waals surface area contributed by atoms with Crippen LogP contribution in [-0.2, 0) is 11.2 Å². The number of fused-ring (bicyclic) bond motifs is 6. The van der Waals surface area contributed by atoms with Gasteiger partial charge in [0, 0.05) is 17.9 Å². The standard InChI is InChI=1S/C20H19FN6O3/c1-11-3-2-4-13-7-12(21)8-15(24-13)16-10-30-20(29)27(16)17-5-6-26-18(25-17)14(9-22-26)19(28)23-11/h5-9,11,16H,2-4,10H2,1H3,(H,23,28)/t11-,16+/m0/s1. The summed E-state index contributed by atoms with van der Waals surface area (Å²) in [5, 5.41) is 7.12. The third kappa shape index (κ3) is 3.14. The van der Waals surface area contributed by atoms with Crippen molar-refractivity contribution in [2.75, 3.05) is 11.5 Å². The molecule has 1 saturated heterocycles. The fraction of sp³-hybridized carbons (Fsp3) is 0.350. The maximum absolute atomic E-state index is 14.3. The summed E-state index contributed by atoms with van der Waals surface area (Å²) in [5.41, 5.74) is 1.63. The fourth-order valence-corrected chi connectivity index (χ4v) is 3.88. The lowest BCUT2D eigenvalue weighted by Crippen LogP contribution is -2.32. The van der Waals surface area contributed by atoms with E-state index in [0.717, 1.165) is 6.42 Å². The maximum atomic E-state index is 14.3. The Morgan fingerprint density at radius 2 is 2.13 bits per heavy atom. The summed E-state index contributed by atoms with van der Waals surface area (Å²) in [7, 11) is 0. The van der Waals surface area contributed by atoms with E-state index in [0.29, 0.717) is 35.4 Å². The third-order valence-corrected chi connectivity index (χ3v) is 5.37. The zero-order valence-corrected chi connectivity index (χ0v) is 16.2. The molecule has 2 aliphatic rings. The molecule has 3 aromatic heterocycles. The average molecular weight is 410 g/mol. The molecule has 9 nitrogen and oxygen atoms in total. The quantitative estimate of drug-likeness (QED) is 0.611. The number of nitrogens with zero attached hydrogens (tertiary/aromatic N) is 5. The van der Waals surface area contributed by atoms with Crippen LogP contribution in [0.5, 0.6) is 0 Å². The molecule has 4 bridgehead atoms. The first-order valence-corrected chi connectivity index (χ1v) is 9.77. The second kappa shape index (κ2) is 7.05. The minimum Gasteiger partial charge on any atom is -0.446 e. The first kappa shape index (κ1) is 18.5. The Bertz CT molecular complexity index is 1160. The molecule has 3 aromatic rings. The summed E-state index contributed by atoms with van der Waals surface area (Å²) in [4.78, 5) is 35.7. The van der Waals surface area contributed by atoms with Crippen LogP contribution in [0.3, 0.4) is 0 Å². The van der Waals surface area contributed by atoms with Crippen molar-refractivity contribution in [3.05, 3.63) is 53.4 Å². The molecule has 2 amide bonds. The van der Waals surface area contributed by atoms with E-state index in [1.54, 1.807) is 12.3 Å². The number of hydrogen-bond donors (Lipinski definition) is 1. The van der Waals surface area contributed by atoms with Gasteiger partial charge in [0.05, 0.1) is 11.9 Å². The number of hydrogen-bond acceptors (Lipinski definition) is 6. The SMILES string of the molecule is C[C@H]1CCCc2cc(F)cc(n2)[C@H]2COC(=O)N2c2ccn3ncc(c3n2)C(=O)N1. The lowest BCUT2D eigenvalue weighted by molar-refractivity contribution is 0.0939. The van der Waals surface area contributed by atoms with Crippen molar-refractivity contribution in [3.8, 4) is 0 Å². The molecule has 5 rings (SSSR count). The molecular formula is C20H19FN6O3. The molecule has 154 valence electrons. The highest BCUT2D eigenvalue weighted by molar-refractivity contribution is 6.00. The van der Waals surface area contributed by atoms with Crippen LogP contribution in [0.25, 0.3) is 5.65 Å². The van der Waals surface area contributed by atoms with Gasteiger partial charge in [-0.1, -0.05) is 0 Å². The van der Waals surface area contributed by atoms with Gasteiger partial charge in [-0.05, 0) is 44.4 Å². The first-order chi connectivity index (χ1) is 14.5. The van der Waals surface area contributed by atoms with Gasteiger partial charge in [-0.15, -0.1) is 0 Å². The van der Waals surface area contributed by atoms with Gasteiger partial charge in [0.15, 0.2) is 5.65 Å². The molecule has 0 unspecified atom stereocenters. The van der Waals surface area contributed by atoms with E-state index in [1.165, 1.54) is 27.7 Å². The van der Waals surface area contributed by atoms with Crippen molar-refractivity contribution in [3.63, 3.8) is 0 Å². The van der Waals surface area contributed by atoms with Gasteiger partial charge in [-0.3, -0.25) is 9.78 Å². The Labute approximate surface area is 170 Å². The summed E-state index contributed by atoms with van der Waals surface area (Å²) in [5.74, 6) is -0.427. The third-order valence-electron chi connectivity index (χ3n) is 5.37. The van der Waals surface area contributed by atoms with Gasteiger partial charge in [0.1, 0.15) is 29.8 Å². The lowest BCUT2D eigenvalue weighted by Gasteiger charge is -2.20. The monoisotopic (exact) mass is 410 g/mol. The molecule has 2 aliphatic heterocycles. The molecule has 1 fully saturated rings. The van der Waals surface area contributed by atoms with E-state index in [2.05, 4.69) is 20.4 Å². The topological polar surface area (TPSA) is 102 Å². The number of anilines is 1. The van der Waals surface area contributed by atoms with Gasteiger partial charge in [0.25, 0.3) is 5.91 Å². The van der Waals surface area contributed by atoms with E-state index < -0.39 is 18.0 Å². The second-order valence-corrected chi connectivity index (χ2v) is 7.54. The Balaban J connectivity index is 1.67. The van der Waals surface area contributed by atoms with Crippen LogP contribution in [0.1, 0.15) is 47.6 Å². The summed E-state index contributed by atoms with van der Waals surface area (Å²) in [6.07, 6.45) is 4.43. The molecule has 0 spiro atoms. The number of pyridine rings is 1. The van der Waals surface area contributed by atoms with E-state index >= 15 is 0 Å². The van der Waals surface area contributed by atoms with Crippen molar-refractivity contribution in [1.82, 2.24) is 24.9 Å². The van der Waals surface area contributed by atoms with E-state index in [1.807, 2.05) is 6.92 Å². The van der Waals surface area contributed by atoms with Crippen molar-refractivity contribution in [1.29, 1.82) is 0 Å². The van der Waals surface area contributed by atoms with Crippen molar-refractivity contribution in [2.24, 2.45) is 0 Å². The minimum absolute atomic E-state index is 0.0330. The van der Waals surface area contributed by atoms with Crippen LogP contribution in [0.4, 0.5) is 15.0 Å². The first-order valence-electron chi connectivity index (χ1n) is 9.77. The van der Waals surface area contributed by atoms with Gasteiger partial charge in [-0.2, -0.15) is 5.10 Å². The highest BCUT2D eigenvalue weighted by Gasteiger charge is 2.38. The molecule has 0 aromatic carbocycles. The van der Waals surface area contributed by atoms with E-state index in [-0.39, 0.29) is 24.4 Å². The van der Waals surface area contributed by atoms with Crippen LogP contribution in [0.15, 0.2) is 30.6 Å². The largest absolute Gasteiger partial charge is 0.446 e. The number of aryl methyl sites for hydroxylation is 1. The smallest absolute Gasteiger partial charge is 0.416 e. The summed E-state index contributed by atoms with van der Waals surface area (Å²) in [6.45, 7) is 1.95. The molecule has 30 heavy (non-hydrogen) atoms. The molecular weight excluding hydrogens is 391 g/mol. The number of aromatic nitrogens is 4. The highest BCUT2D eigenvalue weighted by atomic mass is 19.1.